The average molecular weight is 402 g/mol. The van der Waals surface area contributed by atoms with Gasteiger partial charge in [0.1, 0.15) is 0 Å². The number of hydrogen-bond acceptors (Lipinski definition) is 4. The molecule has 0 spiro atoms. The molecule has 0 radical (unpaired) electrons. The van der Waals surface area contributed by atoms with Gasteiger partial charge in [0.2, 0.25) is 10.0 Å². The lowest BCUT2D eigenvalue weighted by Gasteiger charge is -2.25. The molecule has 1 saturated heterocycles. The number of sulfonamides is 1. The van der Waals surface area contributed by atoms with Gasteiger partial charge in [0.15, 0.2) is 6.04 Å². The van der Waals surface area contributed by atoms with E-state index in [2.05, 4.69) is 5.32 Å². The summed E-state index contributed by atoms with van der Waals surface area (Å²) in [5.74, 6) is -1.76. The van der Waals surface area contributed by atoms with Crippen molar-refractivity contribution >= 4 is 21.9 Å². The largest absolute Gasteiger partial charge is 0.479 e. The first-order valence-electron chi connectivity index (χ1n) is 9.08. The second kappa shape index (κ2) is 8.53. The van der Waals surface area contributed by atoms with Crippen LogP contribution in [0.15, 0.2) is 59.5 Å². The lowest BCUT2D eigenvalue weighted by Crippen LogP contribution is -2.35. The van der Waals surface area contributed by atoms with Crippen LogP contribution in [0.3, 0.4) is 0 Å². The zero-order valence-corrected chi connectivity index (χ0v) is 16.1. The number of hydrogen-bond donors (Lipinski definition) is 2. The van der Waals surface area contributed by atoms with Crippen molar-refractivity contribution < 1.29 is 23.1 Å². The molecular weight excluding hydrogens is 380 g/mol. The number of nitrogens with zero attached hydrogens (tertiary/aromatic N) is 1. The molecule has 1 fully saturated rings. The van der Waals surface area contributed by atoms with E-state index in [0.29, 0.717) is 18.7 Å². The van der Waals surface area contributed by atoms with Gasteiger partial charge in [-0.1, -0.05) is 36.8 Å². The minimum absolute atomic E-state index is 0.129. The molecule has 1 amide bonds. The number of piperidine rings is 1. The SMILES string of the molecule is O=C(N[C@H](C(=O)O)c1ccccc1)c1ccc(S(=O)(=O)N2CCCCC2)cc1. The Kier molecular flexibility index (Phi) is 6.11. The Labute approximate surface area is 164 Å². The fourth-order valence-corrected chi connectivity index (χ4v) is 4.70. The van der Waals surface area contributed by atoms with Crippen molar-refractivity contribution in [2.24, 2.45) is 0 Å². The van der Waals surface area contributed by atoms with Crippen LogP contribution in [0.5, 0.6) is 0 Å². The minimum Gasteiger partial charge on any atom is -0.479 e. The zero-order valence-electron chi connectivity index (χ0n) is 15.2. The number of rotatable bonds is 6. The van der Waals surface area contributed by atoms with Crippen LogP contribution in [0, 0.1) is 0 Å². The van der Waals surface area contributed by atoms with E-state index >= 15 is 0 Å². The second-order valence-electron chi connectivity index (χ2n) is 6.64. The van der Waals surface area contributed by atoms with Gasteiger partial charge in [-0.15, -0.1) is 0 Å². The highest BCUT2D eigenvalue weighted by atomic mass is 32.2. The van der Waals surface area contributed by atoms with Gasteiger partial charge in [-0.2, -0.15) is 4.31 Å². The van der Waals surface area contributed by atoms with E-state index in [9.17, 15) is 23.1 Å². The van der Waals surface area contributed by atoms with E-state index in [1.54, 1.807) is 30.3 Å². The molecule has 3 rings (SSSR count). The van der Waals surface area contributed by atoms with E-state index in [0.717, 1.165) is 19.3 Å². The first-order valence-corrected chi connectivity index (χ1v) is 10.5. The average Bonchev–Trinajstić information content (AvgIpc) is 2.73. The van der Waals surface area contributed by atoms with Gasteiger partial charge in [-0.05, 0) is 42.7 Å². The van der Waals surface area contributed by atoms with Gasteiger partial charge < -0.3 is 10.4 Å². The first-order chi connectivity index (χ1) is 13.4. The standard InChI is InChI=1S/C20H22N2O5S/c23-19(21-18(20(24)25)15-7-3-1-4-8-15)16-9-11-17(12-10-16)28(26,27)22-13-5-2-6-14-22/h1,3-4,7-12,18H,2,5-6,13-14H2,(H,21,23)(H,24,25)/t18-/m0/s1. The molecule has 2 N–H and O–H groups in total. The van der Waals surface area contributed by atoms with Crippen LogP contribution in [0.2, 0.25) is 0 Å². The van der Waals surface area contributed by atoms with Gasteiger partial charge in [0.25, 0.3) is 5.91 Å². The molecule has 0 saturated carbocycles. The molecule has 0 unspecified atom stereocenters. The van der Waals surface area contributed by atoms with Gasteiger partial charge in [0.05, 0.1) is 4.90 Å². The molecule has 1 atom stereocenters. The molecule has 7 nitrogen and oxygen atoms in total. The molecule has 28 heavy (non-hydrogen) atoms. The van der Waals surface area contributed by atoms with Crippen LogP contribution in [-0.2, 0) is 14.8 Å². The van der Waals surface area contributed by atoms with Crippen molar-refractivity contribution in [1.82, 2.24) is 9.62 Å². The van der Waals surface area contributed by atoms with Crippen LogP contribution >= 0.6 is 0 Å². The van der Waals surface area contributed by atoms with Crippen LogP contribution < -0.4 is 5.32 Å². The fraction of sp³-hybridized carbons (Fsp3) is 0.300. The summed E-state index contributed by atoms with van der Waals surface area (Å²) < 4.78 is 26.8. The minimum atomic E-state index is -3.58. The normalized spacial score (nSPS) is 16.3. The third-order valence-electron chi connectivity index (χ3n) is 4.72. The van der Waals surface area contributed by atoms with Crippen molar-refractivity contribution in [3.05, 3.63) is 65.7 Å². The number of carboxylic acid groups (broad SMARTS) is 1. The van der Waals surface area contributed by atoms with Gasteiger partial charge in [-0.25, -0.2) is 13.2 Å². The van der Waals surface area contributed by atoms with E-state index in [1.165, 1.54) is 28.6 Å². The molecule has 1 heterocycles. The van der Waals surface area contributed by atoms with Crippen molar-refractivity contribution in [3.63, 3.8) is 0 Å². The van der Waals surface area contributed by atoms with Crippen molar-refractivity contribution in [2.75, 3.05) is 13.1 Å². The smallest absolute Gasteiger partial charge is 0.330 e. The Morgan fingerprint density at radius 3 is 2.11 bits per heavy atom. The summed E-state index contributed by atoms with van der Waals surface area (Å²) in [4.78, 5) is 24.1. The Balaban J connectivity index is 1.75. The molecular formula is C20H22N2O5S. The van der Waals surface area contributed by atoms with E-state index in [4.69, 9.17) is 0 Å². The highest BCUT2D eigenvalue weighted by Gasteiger charge is 2.26. The summed E-state index contributed by atoms with van der Waals surface area (Å²) in [7, 11) is -3.58. The number of benzene rings is 2. The number of carbonyl (C=O) groups is 2. The zero-order chi connectivity index (χ0) is 20.1. The monoisotopic (exact) mass is 402 g/mol. The molecule has 2 aromatic carbocycles. The third kappa shape index (κ3) is 4.40. The topological polar surface area (TPSA) is 104 Å². The van der Waals surface area contributed by atoms with E-state index < -0.39 is 27.9 Å². The number of aliphatic carboxylic acids is 1. The van der Waals surface area contributed by atoms with Crippen LogP contribution in [0.25, 0.3) is 0 Å². The number of nitrogens with one attached hydrogen (secondary N) is 1. The third-order valence-corrected chi connectivity index (χ3v) is 6.64. The molecule has 0 aromatic heterocycles. The molecule has 0 aliphatic carbocycles. The first kappa shape index (κ1) is 20.0. The summed E-state index contributed by atoms with van der Waals surface area (Å²) in [5.41, 5.74) is 0.646. The summed E-state index contributed by atoms with van der Waals surface area (Å²) in [5, 5.41) is 11.9. The maximum Gasteiger partial charge on any atom is 0.330 e. The maximum atomic E-state index is 12.7. The van der Waals surface area contributed by atoms with E-state index in [1.807, 2.05) is 0 Å². The number of carboxylic acids is 1. The predicted molar refractivity (Wildman–Crippen MR) is 103 cm³/mol. The van der Waals surface area contributed by atoms with Gasteiger partial charge >= 0.3 is 5.97 Å². The summed E-state index contributed by atoms with van der Waals surface area (Å²) in [6.07, 6.45) is 2.71. The Hall–Kier alpha value is -2.71. The van der Waals surface area contributed by atoms with Crippen LogP contribution in [0.4, 0.5) is 0 Å². The lowest BCUT2D eigenvalue weighted by atomic mass is 10.1. The lowest BCUT2D eigenvalue weighted by molar-refractivity contribution is -0.139. The highest BCUT2D eigenvalue weighted by molar-refractivity contribution is 7.89. The highest BCUT2D eigenvalue weighted by Crippen LogP contribution is 2.21. The second-order valence-corrected chi connectivity index (χ2v) is 8.58. The number of amides is 1. The molecule has 148 valence electrons. The molecule has 0 bridgehead atoms. The quantitative estimate of drug-likeness (QED) is 0.772. The van der Waals surface area contributed by atoms with Crippen LogP contribution in [-0.4, -0.2) is 42.8 Å². The molecule has 1 aliphatic rings. The maximum absolute atomic E-state index is 12.7. The predicted octanol–water partition coefficient (Wildman–Crippen LogP) is 2.42. The molecule has 8 heteroatoms. The molecule has 2 aromatic rings. The van der Waals surface area contributed by atoms with Crippen molar-refractivity contribution in [1.29, 1.82) is 0 Å². The summed E-state index contributed by atoms with van der Waals surface area (Å²) >= 11 is 0. The summed E-state index contributed by atoms with van der Waals surface area (Å²) in [6, 6.07) is 12.8. The van der Waals surface area contributed by atoms with Crippen molar-refractivity contribution in [3.8, 4) is 0 Å². The fourth-order valence-electron chi connectivity index (χ4n) is 3.18. The Morgan fingerprint density at radius 1 is 0.929 bits per heavy atom. The Morgan fingerprint density at radius 2 is 1.54 bits per heavy atom. The van der Waals surface area contributed by atoms with Crippen molar-refractivity contribution in [2.45, 2.75) is 30.2 Å². The Bertz CT molecular complexity index is 936. The van der Waals surface area contributed by atoms with Gasteiger partial charge in [-0.3, -0.25) is 4.79 Å². The van der Waals surface area contributed by atoms with Gasteiger partial charge in [0, 0.05) is 18.7 Å². The van der Waals surface area contributed by atoms with E-state index in [-0.39, 0.29) is 10.5 Å². The summed E-state index contributed by atoms with van der Waals surface area (Å²) in [6.45, 7) is 1.00. The van der Waals surface area contributed by atoms with Crippen LogP contribution in [0.1, 0.15) is 41.2 Å². The molecule has 1 aliphatic heterocycles. The number of carbonyl (C=O) groups excluding carboxylic acids is 1.